The molecule has 1 saturated carbocycles. The van der Waals surface area contributed by atoms with E-state index in [1.807, 2.05) is 0 Å². The molecule has 2 aliphatic heterocycles. The van der Waals surface area contributed by atoms with Crippen molar-refractivity contribution < 1.29 is 33.0 Å². The highest BCUT2D eigenvalue weighted by Gasteiger charge is 2.44. The van der Waals surface area contributed by atoms with Gasteiger partial charge in [-0.15, -0.1) is 0 Å². The summed E-state index contributed by atoms with van der Waals surface area (Å²) in [6.07, 6.45) is 2.84. The molecule has 2 fully saturated rings. The Bertz CT molecular complexity index is 955. The fourth-order valence-electron chi connectivity index (χ4n) is 4.23. The zero-order valence-corrected chi connectivity index (χ0v) is 15.8. The first-order valence-electron chi connectivity index (χ1n) is 9.61. The van der Waals surface area contributed by atoms with Crippen LogP contribution in [-0.4, -0.2) is 45.1 Å². The van der Waals surface area contributed by atoms with Crippen LogP contribution in [0.1, 0.15) is 31.2 Å². The summed E-state index contributed by atoms with van der Waals surface area (Å²) in [6, 6.07) is 0.655. The molecule has 1 aromatic carbocycles. The molecule has 1 aliphatic carbocycles. The number of fused-ring (bicyclic) bond motifs is 3. The van der Waals surface area contributed by atoms with E-state index in [9.17, 15) is 33.0 Å². The maximum atomic E-state index is 13.8. The second-order valence-corrected chi connectivity index (χ2v) is 7.59. The Kier molecular flexibility index (Phi) is 5.19. The lowest BCUT2D eigenvalue weighted by Gasteiger charge is -2.46. The van der Waals surface area contributed by atoms with Crippen molar-refractivity contribution in [1.29, 1.82) is 0 Å². The highest BCUT2D eigenvalue weighted by molar-refractivity contribution is 5.99. The highest BCUT2D eigenvalue weighted by Crippen LogP contribution is 2.35. The van der Waals surface area contributed by atoms with Crippen molar-refractivity contribution in [2.24, 2.45) is 0 Å². The van der Waals surface area contributed by atoms with Gasteiger partial charge >= 0.3 is 0 Å². The first kappa shape index (κ1) is 20.3. The number of piperazine rings is 1. The molecule has 2 amide bonds. The van der Waals surface area contributed by atoms with Crippen LogP contribution in [0.4, 0.5) is 13.2 Å². The van der Waals surface area contributed by atoms with E-state index in [0.29, 0.717) is 12.1 Å². The van der Waals surface area contributed by atoms with Crippen molar-refractivity contribution in [2.75, 3.05) is 0 Å². The van der Waals surface area contributed by atoms with Crippen molar-refractivity contribution >= 4 is 11.8 Å². The minimum absolute atomic E-state index is 0.113. The van der Waals surface area contributed by atoms with E-state index in [2.05, 4.69) is 10.6 Å². The van der Waals surface area contributed by atoms with Crippen molar-refractivity contribution in [2.45, 2.75) is 50.4 Å². The molecule has 4 rings (SSSR count). The summed E-state index contributed by atoms with van der Waals surface area (Å²) >= 11 is 0. The van der Waals surface area contributed by atoms with Crippen LogP contribution in [0.25, 0.3) is 0 Å². The summed E-state index contributed by atoms with van der Waals surface area (Å²) in [5, 5.41) is 25.9. The van der Waals surface area contributed by atoms with E-state index in [-0.39, 0.29) is 23.4 Å². The smallest absolute Gasteiger partial charge is 0.271 e. The van der Waals surface area contributed by atoms with Gasteiger partial charge in [-0.05, 0) is 12.8 Å². The number of aliphatic hydroxyl groups excluding tert-OH is 2. The quantitative estimate of drug-likeness (QED) is 0.590. The Morgan fingerprint density at radius 2 is 1.87 bits per heavy atom. The minimum atomic E-state index is -1.77. The van der Waals surface area contributed by atoms with Gasteiger partial charge in [-0.1, -0.05) is 12.8 Å². The topological polar surface area (TPSA) is 102 Å². The molecule has 1 unspecified atom stereocenters. The standard InChI is InChI=1S/C20H20F3N3O4/c21-9-5-12(22)10(13(23)6-9)7-24-19(29)11-8-26-15-4-2-1-3-14(15)25-20(30)16(26)18(28)17(11)27/h5-6,8,14-15,17,27-28H,1-4,7H2,(H,24,29)(H,25,30)/t14-,15-,17?/m1/s1. The predicted octanol–water partition coefficient (Wildman–Crippen LogP) is 1.49. The van der Waals surface area contributed by atoms with E-state index in [0.717, 1.165) is 25.7 Å². The Labute approximate surface area is 169 Å². The molecule has 0 bridgehead atoms. The third-order valence-corrected chi connectivity index (χ3v) is 5.74. The van der Waals surface area contributed by atoms with Gasteiger partial charge in [0.1, 0.15) is 29.3 Å². The molecule has 3 aliphatic rings. The van der Waals surface area contributed by atoms with Crippen LogP contribution in [-0.2, 0) is 16.1 Å². The molecule has 160 valence electrons. The van der Waals surface area contributed by atoms with E-state index < -0.39 is 53.2 Å². The van der Waals surface area contributed by atoms with Crippen LogP contribution >= 0.6 is 0 Å². The third kappa shape index (κ3) is 3.41. The van der Waals surface area contributed by atoms with Gasteiger partial charge in [0, 0.05) is 36.5 Å². The van der Waals surface area contributed by atoms with Gasteiger partial charge in [-0.25, -0.2) is 13.2 Å². The predicted molar refractivity (Wildman–Crippen MR) is 97.9 cm³/mol. The van der Waals surface area contributed by atoms with Gasteiger partial charge in [-0.3, -0.25) is 9.59 Å². The summed E-state index contributed by atoms with van der Waals surface area (Å²) in [5.74, 6) is -5.49. The second kappa shape index (κ2) is 7.67. The number of aliphatic hydroxyl groups is 2. The number of carbonyl (C=O) groups is 2. The van der Waals surface area contributed by atoms with E-state index in [4.69, 9.17) is 0 Å². The third-order valence-electron chi connectivity index (χ3n) is 5.74. The Morgan fingerprint density at radius 1 is 1.20 bits per heavy atom. The van der Waals surface area contributed by atoms with Crippen LogP contribution in [0, 0.1) is 17.5 Å². The van der Waals surface area contributed by atoms with Crippen molar-refractivity contribution in [3.63, 3.8) is 0 Å². The average Bonchev–Trinajstić information content (AvgIpc) is 2.69. The summed E-state index contributed by atoms with van der Waals surface area (Å²) in [5.41, 5.74) is -0.920. The van der Waals surface area contributed by atoms with Gasteiger partial charge in [0.25, 0.3) is 11.8 Å². The number of nitrogens with one attached hydrogen (secondary N) is 2. The van der Waals surface area contributed by atoms with Gasteiger partial charge in [0.2, 0.25) is 0 Å². The fraction of sp³-hybridized carbons (Fsp3) is 0.400. The van der Waals surface area contributed by atoms with E-state index in [1.54, 1.807) is 0 Å². The number of hydrogen-bond acceptors (Lipinski definition) is 5. The van der Waals surface area contributed by atoms with Crippen molar-refractivity contribution in [1.82, 2.24) is 15.5 Å². The van der Waals surface area contributed by atoms with Crippen molar-refractivity contribution in [3.05, 3.63) is 58.4 Å². The molecule has 30 heavy (non-hydrogen) atoms. The molecular formula is C20H20F3N3O4. The van der Waals surface area contributed by atoms with Crippen LogP contribution in [0.2, 0.25) is 0 Å². The zero-order valence-electron chi connectivity index (χ0n) is 15.8. The summed E-state index contributed by atoms with van der Waals surface area (Å²) in [7, 11) is 0. The van der Waals surface area contributed by atoms with Gasteiger partial charge in [-0.2, -0.15) is 0 Å². The van der Waals surface area contributed by atoms with Crippen LogP contribution in [0.5, 0.6) is 0 Å². The van der Waals surface area contributed by atoms with Crippen molar-refractivity contribution in [3.8, 4) is 0 Å². The number of halogens is 3. The maximum Gasteiger partial charge on any atom is 0.271 e. The lowest BCUT2D eigenvalue weighted by Crippen LogP contribution is -2.60. The molecule has 4 N–H and O–H groups in total. The molecule has 0 aromatic heterocycles. The molecular weight excluding hydrogens is 403 g/mol. The monoisotopic (exact) mass is 423 g/mol. The first-order chi connectivity index (χ1) is 14.3. The number of hydrogen-bond donors (Lipinski definition) is 4. The van der Waals surface area contributed by atoms with Crippen LogP contribution in [0.15, 0.2) is 35.4 Å². The number of carbonyl (C=O) groups excluding carboxylic acids is 2. The van der Waals surface area contributed by atoms with Gasteiger partial charge in [0.15, 0.2) is 5.76 Å². The molecule has 2 heterocycles. The largest absolute Gasteiger partial charge is 0.507 e. The molecule has 0 radical (unpaired) electrons. The zero-order chi connectivity index (χ0) is 21.6. The molecule has 10 heteroatoms. The van der Waals surface area contributed by atoms with E-state index in [1.165, 1.54) is 11.1 Å². The van der Waals surface area contributed by atoms with Crippen LogP contribution in [0.3, 0.4) is 0 Å². The molecule has 1 saturated heterocycles. The Hall–Kier alpha value is -3.01. The Morgan fingerprint density at radius 3 is 2.57 bits per heavy atom. The summed E-state index contributed by atoms with van der Waals surface area (Å²) in [6.45, 7) is -0.593. The van der Waals surface area contributed by atoms with E-state index >= 15 is 0 Å². The lowest BCUT2D eigenvalue weighted by atomic mass is 9.85. The number of benzene rings is 1. The lowest BCUT2D eigenvalue weighted by molar-refractivity contribution is -0.124. The molecule has 7 nitrogen and oxygen atoms in total. The van der Waals surface area contributed by atoms with Gasteiger partial charge < -0.3 is 25.7 Å². The van der Waals surface area contributed by atoms with Crippen LogP contribution < -0.4 is 10.6 Å². The maximum absolute atomic E-state index is 13.8. The molecule has 0 spiro atoms. The summed E-state index contributed by atoms with van der Waals surface area (Å²) < 4.78 is 40.6. The number of rotatable bonds is 3. The number of amides is 2. The van der Waals surface area contributed by atoms with Gasteiger partial charge in [0.05, 0.1) is 11.6 Å². The highest BCUT2D eigenvalue weighted by atomic mass is 19.1. The Balaban J connectivity index is 1.58. The molecule has 3 atom stereocenters. The number of nitrogens with zero attached hydrogens (tertiary/aromatic N) is 1. The summed E-state index contributed by atoms with van der Waals surface area (Å²) in [4.78, 5) is 26.5. The SMILES string of the molecule is O=C(NCc1c(F)cc(F)cc1F)C1=CN2C(=C(O)C1O)C(=O)N[C@@H]1CCCC[C@H]12. The first-order valence-corrected chi connectivity index (χ1v) is 9.61. The second-order valence-electron chi connectivity index (χ2n) is 7.59. The average molecular weight is 423 g/mol. The normalized spacial score (nSPS) is 25.9. The fourth-order valence-corrected chi connectivity index (χ4v) is 4.23. The molecule has 1 aromatic rings. The minimum Gasteiger partial charge on any atom is -0.507 e.